The van der Waals surface area contributed by atoms with Crippen molar-refractivity contribution in [1.82, 2.24) is 5.32 Å². The topological polar surface area (TPSA) is 15.3 Å². The molecule has 0 spiro atoms. The van der Waals surface area contributed by atoms with Crippen molar-refractivity contribution >= 4 is 5.69 Å². The lowest BCUT2D eigenvalue weighted by Crippen LogP contribution is -2.25. The quantitative estimate of drug-likeness (QED) is 0.813. The van der Waals surface area contributed by atoms with Gasteiger partial charge in [0.1, 0.15) is 0 Å². The van der Waals surface area contributed by atoms with Gasteiger partial charge >= 0.3 is 0 Å². The van der Waals surface area contributed by atoms with Gasteiger partial charge in [-0.25, -0.2) is 0 Å². The number of benzene rings is 1. The number of hydrogen-bond donors (Lipinski definition) is 1. The van der Waals surface area contributed by atoms with Gasteiger partial charge in [-0.05, 0) is 62.3 Å². The number of nitrogens with zero attached hydrogens (tertiary/aromatic N) is 1. The Morgan fingerprint density at radius 1 is 1.25 bits per heavy atom. The molecule has 1 atom stereocenters. The molecule has 0 saturated carbocycles. The van der Waals surface area contributed by atoms with Crippen molar-refractivity contribution in [3.63, 3.8) is 0 Å². The number of rotatable bonds is 5. The summed E-state index contributed by atoms with van der Waals surface area (Å²) in [6, 6.07) is 6.97. The fourth-order valence-electron chi connectivity index (χ4n) is 3.10. The second kappa shape index (κ2) is 7.68. The molecule has 0 amide bonds. The van der Waals surface area contributed by atoms with Crippen LogP contribution in [-0.2, 0) is 6.54 Å². The van der Waals surface area contributed by atoms with Gasteiger partial charge in [-0.1, -0.05) is 26.0 Å². The minimum Gasteiger partial charge on any atom is -0.371 e. The minimum atomic E-state index is 0.887. The Morgan fingerprint density at radius 2 is 2.10 bits per heavy atom. The first-order valence-corrected chi connectivity index (χ1v) is 8.26. The molecule has 1 unspecified atom stereocenters. The molecule has 112 valence electrons. The highest BCUT2D eigenvalue weighted by Crippen LogP contribution is 2.26. The number of hydrogen-bond acceptors (Lipinski definition) is 2. The van der Waals surface area contributed by atoms with E-state index in [2.05, 4.69) is 49.2 Å². The van der Waals surface area contributed by atoms with Crippen LogP contribution >= 0.6 is 0 Å². The van der Waals surface area contributed by atoms with Gasteiger partial charge in [0.2, 0.25) is 0 Å². The average Bonchev–Trinajstić information content (AvgIpc) is 2.64. The number of nitrogens with one attached hydrogen (secondary N) is 1. The molecule has 1 aliphatic rings. The lowest BCUT2D eigenvalue weighted by atomic mass is 10.0. The first kappa shape index (κ1) is 15.4. The average molecular weight is 274 g/mol. The highest BCUT2D eigenvalue weighted by atomic mass is 15.1. The van der Waals surface area contributed by atoms with Gasteiger partial charge in [-0.2, -0.15) is 0 Å². The highest BCUT2D eigenvalue weighted by molar-refractivity contribution is 5.54. The Hall–Kier alpha value is -1.02. The SMILES string of the molecule is CCCNCc1ccc(N2CCCC(C)CC2)c(C)c1. The standard InChI is InChI=1S/C18H30N2/c1-4-10-19-14-17-7-8-18(16(3)13-17)20-11-5-6-15(2)9-12-20/h7-8,13,15,19H,4-6,9-12,14H2,1-3H3. The van der Waals surface area contributed by atoms with Crippen LogP contribution in [0.2, 0.25) is 0 Å². The zero-order chi connectivity index (χ0) is 14.4. The Kier molecular flexibility index (Phi) is 5.90. The van der Waals surface area contributed by atoms with E-state index in [1.165, 1.54) is 55.6 Å². The summed E-state index contributed by atoms with van der Waals surface area (Å²) < 4.78 is 0. The van der Waals surface area contributed by atoms with E-state index in [0.29, 0.717) is 0 Å². The van der Waals surface area contributed by atoms with E-state index in [1.807, 2.05) is 0 Å². The maximum atomic E-state index is 3.48. The van der Waals surface area contributed by atoms with Crippen molar-refractivity contribution in [2.24, 2.45) is 5.92 Å². The van der Waals surface area contributed by atoms with Gasteiger partial charge in [0.15, 0.2) is 0 Å². The van der Waals surface area contributed by atoms with Crippen molar-refractivity contribution in [3.05, 3.63) is 29.3 Å². The smallest absolute Gasteiger partial charge is 0.0396 e. The highest BCUT2D eigenvalue weighted by Gasteiger charge is 2.15. The lowest BCUT2D eigenvalue weighted by Gasteiger charge is -2.25. The van der Waals surface area contributed by atoms with Crippen LogP contribution in [0.5, 0.6) is 0 Å². The van der Waals surface area contributed by atoms with Crippen molar-refractivity contribution in [1.29, 1.82) is 0 Å². The second-order valence-electron chi connectivity index (χ2n) is 6.32. The van der Waals surface area contributed by atoms with Crippen LogP contribution < -0.4 is 10.2 Å². The van der Waals surface area contributed by atoms with E-state index in [9.17, 15) is 0 Å². The van der Waals surface area contributed by atoms with Crippen molar-refractivity contribution < 1.29 is 0 Å². The lowest BCUT2D eigenvalue weighted by molar-refractivity contribution is 0.521. The fraction of sp³-hybridized carbons (Fsp3) is 0.667. The van der Waals surface area contributed by atoms with Crippen LogP contribution in [0.4, 0.5) is 5.69 Å². The molecule has 1 aliphatic heterocycles. The van der Waals surface area contributed by atoms with Crippen LogP contribution in [0.25, 0.3) is 0 Å². The van der Waals surface area contributed by atoms with Gasteiger partial charge < -0.3 is 10.2 Å². The molecule has 1 fully saturated rings. The van der Waals surface area contributed by atoms with E-state index in [1.54, 1.807) is 0 Å². The van der Waals surface area contributed by atoms with Crippen LogP contribution in [0.3, 0.4) is 0 Å². The van der Waals surface area contributed by atoms with Crippen molar-refractivity contribution in [2.45, 2.75) is 53.0 Å². The predicted molar refractivity (Wildman–Crippen MR) is 88.4 cm³/mol. The molecule has 0 aliphatic carbocycles. The monoisotopic (exact) mass is 274 g/mol. The van der Waals surface area contributed by atoms with Crippen LogP contribution in [0.1, 0.15) is 50.7 Å². The summed E-state index contributed by atoms with van der Waals surface area (Å²) in [6.45, 7) is 11.4. The molecular formula is C18H30N2. The summed E-state index contributed by atoms with van der Waals surface area (Å²) in [6.07, 6.45) is 5.25. The van der Waals surface area contributed by atoms with Crippen molar-refractivity contribution in [3.8, 4) is 0 Å². The van der Waals surface area contributed by atoms with Gasteiger partial charge in [0.25, 0.3) is 0 Å². The summed E-state index contributed by atoms with van der Waals surface area (Å²) in [4.78, 5) is 2.59. The molecule has 20 heavy (non-hydrogen) atoms. The molecule has 0 bridgehead atoms. The first-order valence-electron chi connectivity index (χ1n) is 8.26. The molecule has 1 saturated heterocycles. The van der Waals surface area contributed by atoms with Gasteiger partial charge in [0.05, 0.1) is 0 Å². The zero-order valence-corrected chi connectivity index (χ0v) is 13.4. The predicted octanol–water partition coefficient (Wildman–Crippen LogP) is 4.12. The molecule has 0 radical (unpaired) electrons. The second-order valence-corrected chi connectivity index (χ2v) is 6.32. The molecule has 2 rings (SSSR count). The molecule has 2 nitrogen and oxygen atoms in total. The molecule has 1 heterocycles. The maximum Gasteiger partial charge on any atom is 0.0396 e. The number of aryl methyl sites for hydroxylation is 1. The van der Waals surface area contributed by atoms with Gasteiger partial charge in [0, 0.05) is 25.3 Å². The molecule has 1 aromatic carbocycles. The van der Waals surface area contributed by atoms with Crippen LogP contribution in [0, 0.1) is 12.8 Å². The molecular weight excluding hydrogens is 244 g/mol. The fourth-order valence-corrected chi connectivity index (χ4v) is 3.10. The third-order valence-electron chi connectivity index (χ3n) is 4.37. The van der Waals surface area contributed by atoms with Crippen LogP contribution in [-0.4, -0.2) is 19.6 Å². The Labute approximate surface area is 124 Å². The maximum absolute atomic E-state index is 3.48. The summed E-state index contributed by atoms with van der Waals surface area (Å²) in [5.74, 6) is 0.887. The molecule has 2 heteroatoms. The van der Waals surface area contributed by atoms with E-state index in [4.69, 9.17) is 0 Å². The van der Waals surface area contributed by atoms with E-state index >= 15 is 0 Å². The third-order valence-corrected chi connectivity index (χ3v) is 4.37. The van der Waals surface area contributed by atoms with E-state index in [-0.39, 0.29) is 0 Å². The number of anilines is 1. The Bertz CT molecular complexity index is 414. The zero-order valence-electron chi connectivity index (χ0n) is 13.4. The molecule has 1 N–H and O–H groups in total. The summed E-state index contributed by atoms with van der Waals surface area (Å²) in [5, 5.41) is 3.48. The molecule has 0 aromatic heterocycles. The first-order chi connectivity index (χ1) is 9.70. The molecule has 1 aromatic rings. The Balaban J connectivity index is 2.01. The van der Waals surface area contributed by atoms with E-state index < -0.39 is 0 Å². The van der Waals surface area contributed by atoms with E-state index in [0.717, 1.165) is 19.0 Å². The largest absolute Gasteiger partial charge is 0.371 e. The minimum absolute atomic E-state index is 0.887. The van der Waals surface area contributed by atoms with Gasteiger partial charge in [-0.3, -0.25) is 0 Å². The summed E-state index contributed by atoms with van der Waals surface area (Å²) in [7, 11) is 0. The Morgan fingerprint density at radius 3 is 2.85 bits per heavy atom. The van der Waals surface area contributed by atoms with Crippen molar-refractivity contribution in [2.75, 3.05) is 24.5 Å². The van der Waals surface area contributed by atoms with Crippen LogP contribution in [0.15, 0.2) is 18.2 Å². The third kappa shape index (κ3) is 4.24. The summed E-state index contributed by atoms with van der Waals surface area (Å²) in [5.41, 5.74) is 4.27. The normalized spacial score (nSPS) is 19.9. The van der Waals surface area contributed by atoms with Gasteiger partial charge in [-0.15, -0.1) is 0 Å². The summed E-state index contributed by atoms with van der Waals surface area (Å²) >= 11 is 0.